The molecule has 0 aromatic carbocycles. The van der Waals surface area contributed by atoms with Crippen molar-refractivity contribution < 1.29 is 5.11 Å². The van der Waals surface area contributed by atoms with Crippen molar-refractivity contribution in [2.24, 2.45) is 5.73 Å². The van der Waals surface area contributed by atoms with E-state index < -0.39 is 0 Å². The van der Waals surface area contributed by atoms with E-state index in [1.54, 1.807) is 0 Å². The SMILES string of the molecule is CN1CCN(CCCCC(C)(N)CO)CC1. The molecule has 1 unspecified atom stereocenters. The molecule has 96 valence electrons. The fourth-order valence-electron chi connectivity index (χ4n) is 2.01. The van der Waals surface area contributed by atoms with Crippen LogP contribution >= 0.6 is 0 Å². The largest absolute Gasteiger partial charge is 0.394 e. The molecule has 0 radical (unpaired) electrons. The maximum Gasteiger partial charge on any atom is 0.0608 e. The number of aliphatic hydroxyl groups is 1. The molecule has 4 heteroatoms. The molecular formula is C12H27N3O. The van der Waals surface area contributed by atoms with E-state index >= 15 is 0 Å². The zero-order valence-corrected chi connectivity index (χ0v) is 10.8. The Morgan fingerprint density at radius 1 is 1.19 bits per heavy atom. The molecule has 0 aliphatic carbocycles. The number of piperazine rings is 1. The average Bonchev–Trinajstić information content (AvgIpc) is 2.27. The summed E-state index contributed by atoms with van der Waals surface area (Å²) in [5, 5.41) is 9.03. The molecule has 1 heterocycles. The van der Waals surface area contributed by atoms with Crippen molar-refractivity contribution >= 4 is 0 Å². The van der Waals surface area contributed by atoms with E-state index in [9.17, 15) is 0 Å². The van der Waals surface area contributed by atoms with Crippen LogP contribution in [0.3, 0.4) is 0 Å². The Bertz CT molecular complexity index is 189. The summed E-state index contributed by atoms with van der Waals surface area (Å²) in [6.45, 7) is 7.93. The Labute approximate surface area is 99.4 Å². The number of unbranched alkanes of at least 4 members (excludes halogenated alkanes) is 1. The van der Waals surface area contributed by atoms with E-state index in [0.29, 0.717) is 0 Å². The fourth-order valence-corrected chi connectivity index (χ4v) is 2.01. The third kappa shape index (κ3) is 5.25. The Balaban J connectivity index is 2.03. The molecule has 0 aromatic heterocycles. The maximum absolute atomic E-state index is 9.03. The molecule has 1 saturated heterocycles. The lowest BCUT2D eigenvalue weighted by molar-refractivity contribution is 0.149. The minimum atomic E-state index is -0.387. The predicted molar refractivity (Wildman–Crippen MR) is 67.5 cm³/mol. The van der Waals surface area contributed by atoms with Gasteiger partial charge in [0.1, 0.15) is 0 Å². The number of likely N-dealkylation sites (N-methyl/N-ethyl adjacent to an activating group) is 1. The quantitative estimate of drug-likeness (QED) is 0.635. The summed E-state index contributed by atoms with van der Waals surface area (Å²) in [5.74, 6) is 0. The Morgan fingerprint density at radius 2 is 1.81 bits per heavy atom. The van der Waals surface area contributed by atoms with Crippen LogP contribution in [-0.2, 0) is 0 Å². The summed E-state index contributed by atoms with van der Waals surface area (Å²) in [7, 11) is 2.18. The molecule has 1 rings (SSSR count). The number of hydrogen-bond acceptors (Lipinski definition) is 4. The molecule has 0 aromatic rings. The van der Waals surface area contributed by atoms with Crippen molar-refractivity contribution in [1.29, 1.82) is 0 Å². The second-order valence-corrected chi connectivity index (χ2v) is 5.41. The Morgan fingerprint density at radius 3 is 2.38 bits per heavy atom. The van der Waals surface area contributed by atoms with E-state index in [1.165, 1.54) is 39.1 Å². The van der Waals surface area contributed by atoms with Crippen LogP contribution in [0.4, 0.5) is 0 Å². The highest BCUT2D eigenvalue weighted by Gasteiger charge is 2.17. The Hall–Kier alpha value is -0.160. The van der Waals surface area contributed by atoms with Gasteiger partial charge >= 0.3 is 0 Å². The summed E-state index contributed by atoms with van der Waals surface area (Å²) in [6, 6.07) is 0. The lowest BCUT2D eigenvalue weighted by atomic mass is 9.97. The molecule has 1 atom stereocenters. The third-order valence-electron chi connectivity index (χ3n) is 3.43. The molecule has 16 heavy (non-hydrogen) atoms. The number of rotatable bonds is 6. The van der Waals surface area contributed by atoms with Gasteiger partial charge in [0.15, 0.2) is 0 Å². The number of hydrogen-bond donors (Lipinski definition) is 2. The first-order valence-corrected chi connectivity index (χ1v) is 6.34. The highest BCUT2D eigenvalue weighted by Crippen LogP contribution is 2.10. The van der Waals surface area contributed by atoms with Gasteiger partial charge in [-0.15, -0.1) is 0 Å². The van der Waals surface area contributed by atoms with Crippen molar-refractivity contribution in [3.8, 4) is 0 Å². The number of nitrogens with zero attached hydrogens (tertiary/aromatic N) is 2. The van der Waals surface area contributed by atoms with Gasteiger partial charge in [-0.2, -0.15) is 0 Å². The zero-order valence-electron chi connectivity index (χ0n) is 10.8. The van der Waals surface area contributed by atoms with Crippen molar-refractivity contribution in [2.45, 2.75) is 31.7 Å². The van der Waals surface area contributed by atoms with Gasteiger partial charge in [0.2, 0.25) is 0 Å². The van der Waals surface area contributed by atoms with Gasteiger partial charge in [0.05, 0.1) is 6.61 Å². The van der Waals surface area contributed by atoms with E-state index in [2.05, 4.69) is 16.8 Å². The molecule has 3 N–H and O–H groups in total. The van der Waals surface area contributed by atoms with Gasteiger partial charge in [-0.3, -0.25) is 0 Å². The van der Waals surface area contributed by atoms with Gasteiger partial charge < -0.3 is 20.6 Å². The monoisotopic (exact) mass is 229 g/mol. The molecule has 1 fully saturated rings. The minimum Gasteiger partial charge on any atom is -0.394 e. The fraction of sp³-hybridized carbons (Fsp3) is 1.00. The summed E-state index contributed by atoms with van der Waals surface area (Å²) < 4.78 is 0. The van der Waals surface area contributed by atoms with Crippen LogP contribution in [-0.4, -0.2) is 66.8 Å². The van der Waals surface area contributed by atoms with Crippen LogP contribution < -0.4 is 5.73 Å². The van der Waals surface area contributed by atoms with E-state index in [0.717, 1.165) is 12.8 Å². The van der Waals surface area contributed by atoms with E-state index in [4.69, 9.17) is 10.8 Å². The van der Waals surface area contributed by atoms with Gasteiger partial charge in [-0.1, -0.05) is 6.42 Å². The van der Waals surface area contributed by atoms with E-state index in [1.807, 2.05) is 6.92 Å². The molecule has 1 aliphatic rings. The molecule has 0 spiro atoms. The van der Waals surface area contributed by atoms with Gasteiger partial charge in [0.25, 0.3) is 0 Å². The maximum atomic E-state index is 9.03. The molecule has 0 bridgehead atoms. The smallest absolute Gasteiger partial charge is 0.0608 e. The summed E-state index contributed by atoms with van der Waals surface area (Å²) in [6.07, 6.45) is 3.22. The van der Waals surface area contributed by atoms with Gasteiger partial charge in [-0.05, 0) is 33.4 Å². The Kier molecular flexibility index (Phi) is 5.69. The molecule has 0 saturated carbocycles. The molecule has 0 amide bonds. The predicted octanol–water partition coefficient (Wildman–Crippen LogP) is 0.114. The highest BCUT2D eigenvalue weighted by molar-refractivity contribution is 4.77. The standard InChI is InChI=1S/C12H27N3O/c1-12(13,11-16)5-3-4-6-15-9-7-14(2)8-10-15/h16H,3-11,13H2,1-2H3. The molecule has 4 nitrogen and oxygen atoms in total. The molecular weight excluding hydrogens is 202 g/mol. The van der Waals surface area contributed by atoms with Gasteiger partial charge in [-0.25, -0.2) is 0 Å². The van der Waals surface area contributed by atoms with Crippen molar-refractivity contribution in [1.82, 2.24) is 9.80 Å². The minimum absolute atomic E-state index is 0.0848. The summed E-state index contributed by atoms with van der Waals surface area (Å²) in [5.41, 5.74) is 5.50. The summed E-state index contributed by atoms with van der Waals surface area (Å²) in [4.78, 5) is 4.89. The first kappa shape index (κ1) is 13.9. The van der Waals surface area contributed by atoms with Crippen molar-refractivity contribution in [2.75, 3.05) is 46.4 Å². The first-order valence-electron chi connectivity index (χ1n) is 6.34. The topological polar surface area (TPSA) is 52.7 Å². The lowest BCUT2D eigenvalue weighted by Crippen LogP contribution is -2.44. The van der Waals surface area contributed by atoms with E-state index in [-0.39, 0.29) is 12.1 Å². The second-order valence-electron chi connectivity index (χ2n) is 5.41. The second kappa shape index (κ2) is 6.55. The van der Waals surface area contributed by atoms with Crippen LogP contribution in [0.2, 0.25) is 0 Å². The normalized spacial score (nSPS) is 23.2. The van der Waals surface area contributed by atoms with Crippen molar-refractivity contribution in [3.05, 3.63) is 0 Å². The van der Waals surface area contributed by atoms with Crippen molar-refractivity contribution in [3.63, 3.8) is 0 Å². The van der Waals surface area contributed by atoms with Crippen LogP contribution in [0, 0.1) is 0 Å². The number of nitrogens with two attached hydrogens (primary N) is 1. The third-order valence-corrected chi connectivity index (χ3v) is 3.43. The first-order chi connectivity index (χ1) is 7.53. The lowest BCUT2D eigenvalue weighted by Gasteiger charge is -2.32. The van der Waals surface area contributed by atoms with Gasteiger partial charge in [0, 0.05) is 31.7 Å². The number of aliphatic hydroxyl groups excluding tert-OH is 1. The highest BCUT2D eigenvalue weighted by atomic mass is 16.3. The van der Waals surface area contributed by atoms with Crippen LogP contribution in [0.1, 0.15) is 26.2 Å². The average molecular weight is 229 g/mol. The van der Waals surface area contributed by atoms with Crippen LogP contribution in [0.5, 0.6) is 0 Å². The zero-order chi connectivity index (χ0) is 12.0. The van der Waals surface area contributed by atoms with Crippen LogP contribution in [0.15, 0.2) is 0 Å². The molecule has 1 aliphatic heterocycles. The van der Waals surface area contributed by atoms with Crippen LogP contribution in [0.25, 0.3) is 0 Å². The summed E-state index contributed by atoms with van der Waals surface area (Å²) >= 11 is 0.